The van der Waals surface area contributed by atoms with Crippen LogP contribution in [0.5, 0.6) is 0 Å². The molecule has 0 aromatic carbocycles. The highest BCUT2D eigenvalue weighted by molar-refractivity contribution is 7.51. The molecular formula is C5H12NO5P. The lowest BCUT2D eigenvalue weighted by atomic mass is 10.7. The van der Waals surface area contributed by atoms with Gasteiger partial charge in [-0.15, -0.1) is 0 Å². The molecule has 0 bridgehead atoms. The second-order valence-electron chi connectivity index (χ2n) is 2.19. The van der Waals surface area contributed by atoms with E-state index in [0.717, 1.165) is 0 Å². The van der Waals surface area contributed by atoms with Crippen LogP contribution >= 0.6 is 7.60 Å². The van der Waals surface area contributed by atoms with E-state index in [1.165, 1.54) is 4.90 Å². The van der Waals surface area contributed by atoms with Crippen molar-refractivity contribution in [1.29, 1.82) is 0 Å². The van der Waals surface area contributed by atoms with Crippen molar-refractivity contribution in [3.63, 3.8) is 0 Å². The second kappa shape index (κ2) is 5.27. The summed E-state index contributed by atoms with van der Waals surface area (Å²) in [7, 11) is -4.05. The Balaban J connectivity index is 3.83. The molecule has 6 nitrogen and oxygen atoms in total. The Morgan fingerprint density at radius 1 is 1.58 bits per heavy atom. The van der Waals surface area contributed by atoms with Gasteiger partial charge in [-0.2, -0.15) is 0 Å². The van der Waals surface area contributed by atoms with E-state index in [1.807, 2.05) is 0 Å². The lowest BCUT2D eigenvalue weighted by Gasteiger charge is -2.18. The smallest absolute Gasteiger partial charge is 0.339 e. The predicted octanol–water partition coefficient (Wildman–Crippen LogP) is -0.426. The zero-order valence-corrected chi connectivity index (χ0v) is 7.61. The zero-order chi connectivity index (χ0) is 9.61. The first-order chi connectivity index (χ1) is 5.49. The fourth-order valence-electron chi connectivity index (χ4n) is 0.628. The Morgan fingerprint density at radius 2 is 2.17 bits per heavy atom. The normalized spacial score (nSPS) is 11.7. The molecule has 0 heterocycles. The molecule has 0 aromatic heterocycles. The number of ether oxygens (including phenoxy) is 1. The van der Waals surface area contributed by atoms with Gasteiger partial charge in [-0.25, -0.2) is 0 Å². The van der Waals surface area contributed by atoms with Gasteiger partial charge in [0.1, 0.15) is 13.0 Å². The third kappa shape index (κ3) is 6.30. The number of hydrogen-bond acceptors (Lipinski definition) is 4. The summed E-state index contributed by atoms with van der Waals surface area (Å²) in [5.41, 5.74) is 0. The Labute approximate surface area is 70.3 Å². The van der Waals surface area contributed by atoms with E-state index >= 15 is 0 Å². The van der Waals surface area contributed by atoms with E-state index in [9.17, 15) is 9.36 Å². The van der Waals surface area contributed by atoms with Gasteiger partial charge in [0.2, 0.25) is 0 Å². The molecule has 7 heteroatoms. The van der Waals surface area contributed by atoms with Crippen LogP contribution in [0.15, 0.2) is 0 Å². The van der Waals surface area contributed by atoms with Crippen LogP contribution in [0.25, 0.3) is 0 Å². The molecule has 0 spiro atoms. The molecule has 0 saturated carbocycles. The summed E-state index contributed by atoms with van der Waals surface area (Å²) in [6.07, 6.45) is -0.392. The summed E-state index contributed by atoms with van der Waals surface area (Å²) in [4.78, 5) is 28.2. The van der Waals surface area contributed by atoms with Crippen LogP contribution in [0.1, 0.15) is 6.92 Å². The Morgan fingerprint density at radius 3 is 2.50 bits per heavy atom. The highest BCUT2D eigenvalue weighted by Gasteiger charge is 2.17. The molecule has 12 heavy (non-hydrogen) atoms. The van der Waals surface area contributed by atoms with E-state index in [1.54, 1.807) is 6.92 Å². The fraction of sp³-hybridized carbons (Fsp3) is 0.800. The standard InChI is InChI=1S/C5H12NO5P/c1-2-6(3-11-5-7)4-12(8,9)10/h5H,2-4H2,1H3,(H2,8,9,10). The van der Waals surface area contributed by atoms with Gasteiger partial charge < -0.3 is 14.5 Å². The quantitative estimate of drug-likeness (QED) is 0.341. The van der Waals surface area contributed by atoms with E-state index < -0.39 is 13.9 Å². The van der Waals surface area contributed by atoms with Crippen molar-refractivity contribution in [2.24, 2.45) is 0 Å². The average molecular weight is 197 g/mol. The maximum Gasteiger partial charge on any atom is 0.339 e. The predicted molar refractivity (Wildman–Crippen MR) is 41.3 cm³/mol. The highest BCUT2D eigenvalue weighted by atomic mass is 31.2. The van der Waals surface area contributed by atoms with Gasteiger partial charge in [0.15, 0.2) is 0 Å². The molecule has 0 fully saturated rings. The van der Waals surface area contributed by atoms with Gasteiger partial charge in [0, 0.05) is 0 Å². The molecule has 0 rings (SSSR count). The molecule has 0 amide bonds. The molecular weight excluding hydrogens is 185 g/mol. The van der Waals surface area contributed by atoms with E-state index in [0.29, 0.717) is 6.54 Å². The molecule has 0 aliphatic rings. The summed E-state index contributed by atoms with van der Waals surface area (Å²) in [6, 6.07) is 0. The van der Waals surface area contributed by atoms with Crippen molar-refractivity contribution in [2.45, 2.75) is 6.92 Å². The van der Waals surface area contributed by atoms with Gasteiger partial charge in [-0.3, -0.25) is 14.3 Å². The Bertz CT molecular complexity index is 179. The minimum absolute atomic E-state index is 0.0922. The van der Waals surface area contributed by atoms with Crippen molar-refractivity contribution in [1.82, 2.24) is 4.90 Å². The first kappa shape index (κ1) is 11.6. The van der Waals surface area contributed by atoms with Crippen molar-refractivity contribution in [3.05, 3.63) is 0 Å². The number of carbonyl (C=O) groups is 1. The summed E-state index contributed by atoms with van der Waals surface area (Å²) in [5.74, 6) is 0. The minimum Gasteiger partial charge on any atom is -0.452 e. The van der Waals surface area contributed by atoms with E-state index in [4.69, 9.17) is 9.79 Å². The van der Waals surface area contributed by atoms with Crippen LogP contribution in [0, 0.1) is 0 Å². The van der Waals surface area contributed by atoms with Gasteiger partial charge in [0.25, 0.3) is 6.47 Å². The van der Waals surface area contributed by atoms with Crippen LogP contribution in [-0.2, 0) is 14.1 Å². The van der Waals surface area contributed by atoms with Gasteiger partial charge >= 0.3 is 7.60 Å². The summed E-state index contributed by atoms with van der Waals surface area (Å²) < 4.78 is 14.8. The van der Waals surface area contributed by atoms with Crippen molar-refractivity contribution < 1.29 is 23.9 Å². The van der Waals surface area contributed by atoms with Crippen LogP contribution in [0.2, 0.25) is 0 Å². The Hall–Kier alpha value is -0.420. The average Bonchev–Trinajstić information content (AvgIpc) is 1.95. The molecule has 0 aliphatic carbocycles. The lowest BCUT2D eigenvalue weighted by molar-refractivity contribution is -0.132. The maximum atomic E-state index is 10.5. The molecule has 0 radical (unpaired) electrons. The van der Waals surface area contributed by atoms with Crippen molar-refractivity contribution >= 4 is 14.1 Å². The number of hydrogen-bond donors (Lipinski definition) is 2. The van der Waals surface area contributed by atoms with Crippen LogP contribution in [0.4, 0.5) is 0 Å². The fourth-order valence-corrected chi connectivity index (χ4v) is 1.43. The highest BCUT2D eigenvalue weighted by Crippen LogP contribution is 2.34. The molecule has 0 atom stereocenters. The van der Waals surface area contributed by atoms with Gasteiger partial charge in [0.05, 0.1) is 0 Å². The largest absolute Gasteiger partial charge is 0.452 e. The van der Waals surface area contributed by atoms with Gasteiger partial charge in [-0.05, 0) is 6.54 Å². The molecule has 2 N–H and O–H groups in total. The summed E-state index contributed by atoms with van der Waals surface area (Å²) in [6.45, 7) is 2.27. The van der Waals surface area contributed by atoms with Crippen LogP contribution in [0.3, 0.4) is 0 Å². The molecule has 0 aromatic rings. The zero-order valence-electron chi connectivity index (χ0n) is 6.71. The van der Waals surface area contributed by atoms with E-state index in [2.05, 4.69) is 4.74 Å². The first-order valence-electron chi connectivity index (χ1n) is 3.31. The third-order valence-electron chi connectivity index (χ3n) is 1.16. The van der Waals surface area contributed by atoms with E-state index in [-0.39, 0.29) is 13.2 Å². The monoisotopic (exact) mass is 197 g/mol. The topological polar surface area (TPSA) is 87.1 Å². The summed E-state index contributed by atoms with van der Waals surface area (Å²) in [5, 5.41) is 0. The summed E-state index contributed by atoms with van der Waals surface area (Å²) >= 11 is 0. The molecule has 0 aliphatic heterocycles. The molecule has 72 valence electrons. The Kier molecular flexibility index (Phi) is 5.08. The second-order valence-corrected chi connectivity index (χ2v) is 3.80. The van der Waals surface area contributed by atoms with Crippen LogP contribution in [-0.4, -0.2) is 40.7 Å². The van der Waals surface area contributed by atoms with Gasteiger partial charge in [-0.1, -0.05) is 6.92 Å². The molecule has 0 saturated heterocycles. The molecule has 0 unspecified atom stereocenters. The van der Waals surface area contributed by atoms with Crippen molar-refractivity contribution in [2.75, 3.05) is 19.6 Å². The number of rotatable bonds is 6. The lowest BCUT2D eigenvalue weighted by Crippen LogP contribution is -2.27. The number of nitrogens with zero attached hydrogens (tertiary/aromatic N) is 1. The first-order valence-corrected chi connectivity index (χ1v) is 5.11. The SMILES string of the molecule is CCN(COC=O)CP(=O)(O)O. The minimum atomic E-state index is -4.05. The third-order valence-corrected chi connectivity index (χ3v) is 1.93. The number of carbonyl (C=O) groups excluding carboxylic acids is 1. The van der Waals surface area contributed by atoms with Crippen molar-refractivity contribution in [3.8, 4) is 0 Å². The van der Waals surface area contributed by atoms with Crippen LogP contribution < -0.4 is 0 Å². The maximum absolute atomic E-state index is 10.5.